The van der Waals surface area contributed by atoms with E-state index in [0.717, 1.165) is 12.5 Å². The second kappa shape index (κ2) is 5.61. The van der Waals surface area contributed by atoms with Crippen LogP contribution in [0.5, 0.6) is 0 Å². The van der Waals surface area contributed by atoms with Crippen LogP contribution in [0.2, 0.25) is 16.6 Å². The Morgan fingerprint density at radius 2 is 1.68 bits per heavy atom. The molecule has 1 heterocycles. The van der Waals surface area contributed by atoms with Crippen molar-refractivity contribution in [1.29, 1.82) is 0 Å². The maximum atomic E-state index is 6.52. The van der Waals surface area contributed by atoms with Crippen LogP contribution in [0.3, 0.4) is 0 Å². The van der Waals surface area contributed by atoms with Gasteiger partial charge < -0.3 is 9.16 Å². The number of hydrogen-bond donors (Lipinski definition) is 0. The zero-order valence-electron chi connectivity index (χ0n) is 13.4. The van der Waals surface area contributed by atoms with Gasteiger partial charge in [-0.05, 0) is 41.0 Å². The molecule has 1 aliphatic carbocycles. The molecule has 2 rings (SSSR count). The standard InChI is InChI=1S/C16H30O2Si/c1-11(2)19(12(3)4,13(5)6)18-10-15-9-14-7-8-17-16(14)15/h10-14,16H,7-9H2,1-6H3/b15-10-. The summed E-state index contributed by atoms with van der Waals surface area (Å²) in [6.45, 7) is 14.9. The molecule has 1 aliphatic heterocycles. The fourth-order valence-corrected chi connectivity index (χ4v) is 9.38. The first kappa shape index (κ1) is 15.1. The molecule has 19 heavy (non-hydrogen) atoms. The van der Waals surface area contributed by atoms with Gasteiger partial charge in [-0.3, -0.25) is 0 Å². The Morgan fingerprint density at radius 1 is 1.11 bits per heavy atom. The van der Waals surface area contributed by atoms with E-state index in [1.807, 2.05) is 0 Å². The molecule has 2 nitrogen and oxygen atoms in total. The van der Waals surface area contributed by atoms with Crippen molar-refractivity contribution in [2.75, 3.05) is 6.61 Å². The highest BCUT2D eigenvalue weighted by Crippen LogP contribution is 2.46. The Labute approximate surface area is 119 Å². The summed E-state index contributed by atoms with van der Waals surface area (Å²) in [4.78, 5) is 0. The Hall–Kier alpha value is -0.283. The molecule has 0 aromatic carbocycles. The Bertz CT molecular complexity index is 325. The molecular weight excluding hydrogens is 252 g/mol. The van der Waals surface area contributed by atoms with Crippen molar-refractivity contribution in [3.63, 3.8) is 0 Å². The molecule has 110 valence electrons. The molecule has 0 aromatic heterocycles. The highest BCUT2D eigenvalue weighted by atomic mass is 28.4. The van der Waals surface area contributed by atoms with E-state index in [2.05, 4.69) is 47.8 Å². The SMILES string of the molecule is CC(C)[Si](O/C=C1/CC2CCOC12)(C(C)C)C(C)C. The summed E-state index contributed by atoms with van der Waals surface area (Å²) in [5.41, 5.74) is 3.33. The van der Waals surface area contributed by atoms with Gasteiger partial charge >= 0.3 is 0 Å². The molecule has 0 amide bonds. The van der Waals surface area contributed by atoms with Crippen LogP contribution in [0.25, 0.3) is 0 Å². The van der Waals surface area contributed by atoms with E-state index >= 15 is 0 Å². The maximum Gasteiger partial charge on any atom is 0.257 e. The summed E-state index contributed by atoms with van der Waals surface area (Å²) in [7, 11) is -1.75. The van der Waals surface area contributed by atoms with Crippen LogP contribution >= 0.6 is 0 Å². The lowest BCUT2D eigenvalue weighted by atomic mass is 9.77. The number of hydrogen-bond acceptors (Lipinski definition) is 2. The smallest absolute Gasteiger partial charge is 0.257 e. The minimum atomic E-state index is -1.75. The van der Waals surface area contributed by atoms with Crippen molar-refractivity contribution in [3.8, 4) is 0 Å². The normalized spacial score (nSPS) is 29.2. The number of rotatable bonds is 5. The number of fused-ring (bicyclic) bond motifs is 1. The third-order valence-electron chi connectivity index (χ3n) is 5.20. The lowest BCUT2D eigenvalue weighted by Gasteiger charge is -2.42. The van der Waals surface area contributed by atoms with Crippen LogP contribution in [0.4, 0.5) is 0 Å². The minimum Gasteiger partial charge on any atom is -0.548 e. The van der Waals surface area contributed by atoms with E-state index in [1.165, 1.54) is 18.4 Å². The highest BCUT2D eigenvalue weighted by Gasteiger charge is 2.47. The van der Waals surface area contributed by atoms with E-state index in [4.69, 9.17) is 9.16 Å². The maximum absolute atomic E-state index is 6.52. The van der Waals surface area contributed by atoms with Gasteiger partial charge in [0.05, 0.1) is 12.4 Å². The molecule has 0 N–H and O–H groups in total. The predicted octanol–water partition coefficient (Wildman–Crippen LogP) is 4.87. The molecular formula is C16H30O2Si. The zero-order chi connectivity index (χ0) is 14.2. The second-order valence-electron chi connectivity index (χ2n) is 7.17. The van der Waals surface area contributed by atoms with Crippen LogP contribution < -0.4 is 0 Å². The highest BCUT2D eigenvalue weighted by molar-refractivity contribution is 6.77. The summed E-state index contributed by atoms with van der Waals surface area (Å²) in [6, 6.07) is 0. The molecule has 2 aliphatic rings. The third kappa shape index (κ3) is 2.51. The molecule has 0 bridgehead atoms. The summed E-state index contributed by atoms with van der Waals surface area (Å²) in [6.07, 6.45) is 4.92. The largest absolute Gasteiger partial charge is 0.548 e. The van der Waals surface area contributed by atoms with Crippen LogP contribution in [-0.4, -0.2) is 21.0 Å². The van der Waals surface area contributed by atoms with Gasteiger partial charge in [-0.15, -0.1) is 0 Å². The Morgan fingerprint density at radius 3 is 2.16 bits per heavy atom. The average Bonchev–Trinajstić information content (AvgIpc) is 2.64. The molecule has 3 heteroatoms. The van der Waals surface area contributed by atoms with Crippen LogP contribution in [-0.2, 0) is 9.16 Å². The summed E-state index contributed by atoms with van der Waals surface area (Å²) in [5, 5.41) is 0. The van der Waals surface area contributed by atoms with E-state index in [1.54, 1.807) is 0 Å². The summed E-state index contributed by atoms with van der Waals surface area (Å²) >= 11 is 0. The summed E-state index contributed by atoms with van der Waals surface area (Å²) in [5.74, 6) is 0.781. The fraction of sp³-hybridized carbons (Fsp3) is 0.875. The molecule has 1 saturated heterocycles. The second-order valence-corrected chi connectivity index (χ2v) is 12.6. The first-order valence-corrected chi connectivity index (χ1v) is 10.0. The van der Waals surface area contributed by atoms with Crippen LogP contribution in [0, 0.1) is 5.92 Å². The van der Waals surface area contributed by atoms with Crippen LogP contribution in [0.1, 0.15) is 54.4 Å². The summed E-state index contributed by atoms with van der Waals surface area (Å²) < 4.78 is 12.3. The van der Waals surface area contributed by atoms with E-state index in [0.29, 0.717) is 22.7 Å². The van der Waals surface area contributed by atoms with Gasteiger partial charge in [-0.1, -0.05) is 41.5 Å². The van der Waals surface area contributed by atoms with Gasteiger partial charge in [0.25, 0.3) is 8.32 Å². The van der Waals surface area contributed by atoms with E-state index in [9.17, 15) is 0 Å². The monoisotopic (exact) mass is 282 g/mol. The van der Waals surface area contributed by atoms with Crippen molar-refractivity contribution in [3.05, 3.63) is 11.8 Å². The number of ether oxygens (including phenoxy) is 1. The van der Waals surface area contributed by atoms with Crippen molar-refractivity contribution in [2.45, 2.75) is 77.1 Å². The third-order valence-corrected chi connectivity index (χ3v) is 11.1. The average molecular weight is 282 g/mol. The van der Waals surface area contributed by atoms with Gasteiger partial charge in [0.2, 0.25) is 0 Å². The van der Waals surface area contributed by atoms with Gasteiger partial charge in [-0.25, -0.2) is 0 Å². The Kier molecular flexibility index (Phi) is 4.46. The zero-order valence-corrected chi connectivity index (χ0v) is 14.4. The lowest BCUT2D eigenvalue weighted by Crippen LogP contribution is -2.47. The fourth-order valence-electron chi connectivity index (χ4n) is 4.21. The van der Waals surface area contributed by atoms with Crippen molar-refractivity contribution in [2.24, 2.45) is 5.92 Å². The lowest BCUT2D eigenvalue weighted by molar-refractivity contribution is 0.0819. The molecule has 2 atom stereocenters. The van der Waals surface area contributed by atoms with E-state index in [-0.39, 0.29) is 0 Å². The quantitative estimate of drug-likeness (QED) is 0.529. The van der Waals surface area contributed by atoms with Crippen molar-refractivity contribution < 1.29 is 9.16 Å². The van der Waals surface area contributed by atoms with Gasteiger partial charge in [0.15, 0.2) is 0 Å². The molecule has 0 spiro atoms. The minimum absolute atomic E-state index is 0.387. The van der Waals surface area contributed by atoms with Crippen molar-refractivity contribution >= 4 is 8.32 Å². The predicted molar refractivity (Wildman–Crippen MR) is 82.7 cm³/mol. The molecule has 0 radical (unpaired) electrons. The molecule has 2 unspecified atom stereocenters. The van der Waals surface area contributed by atoms with E-state index < -0.39 is 8.32 Å². The van der Waals surface area contributed by atoms with Crippen LogP contribution in [0.15, 0.2) is 11.8 Å². The molecule has 1 saturated carbocycles. The first-order chi connectivity index (χ1) is 8.89. The van der Waals surface area contributed by atoms with Gasteiger partial charge in [-0.2, -0.15) is 0 Å². The van der Waals surface area contributed by atoms with Gasteiger partial charge in [0.1, 0.15) is 0 Å². The van der Waals surface area contributed by atoms with Crippen molar-refractivity contribution in [1.82, 2.24) is 0 Å². The topological polar surface area (TPSA) is 18.5 Å². The Balaban J connectivity index is 2.11. The molecule has 0 aromatic rings. The molecule has 2 fully saturated rings. The van der Waals surface area contributed by atoms with Gasteiger partial charge in [0, 0.05) is 6.61 Å². The first-order valence-electron chi connectivity index (χ1n) is 7.88.